The summed E-state index contributed by atoms with van der Waals surface area (Å²) >= 11 is 7.59. The number of anilines is 1. The Morgan fingerprint density at radius 1 is 1.26 bits per heavy atom. The van der Waals surface area contributed by atoms with Gasteiger partial charge in [-0.1, -0.05) is 48.9 Å². The summed E-state index contributed by atoms with van der Waals surface area (Å²) < 4.78 is 33.7. The molecule has 1 aromatic heterocycles. The minimum absolute atomic E-state index is 0.0282. The fourth-order valence-electron chi connectivity index (χ4n) is 3.73. The monoisotopic (exact) mass is 477 g/mol. The van der Waals surface area contributed by atoms with Crippen molar-refractivity contribution < 1.29 is 13.2 Å². The first-order chi connectivity index (χ1) is 14.9. The maximum absolute atomic E-state index is 12.5. The maximum atomic E-state index is 12.5. The molecule has 0 bridgehead atoms. The van der Waals surface area contributed by atoms with Gasteiger partial charge >= 0.3 is 0 Å². The number of thiazole rings is 1. The highest BCUT2D eigenvalue weighted by Crippen LogP contribution is 2.32. The van der Waals surface area contributed by atoms with Gasteiger partial charge in [-0.2, -0.15) is 0 Å². The first kappa shape index (κ1) is 22.1. The molecular formula is C22H24ClN3O3S2. The van der Waals surface area contributed by atoms with Crippen molar-refractivity contribution >= 4 is 38.1 Å². The van der Waals surface area contributed by atoms with E-state index in [2.05, 4.69) is 45.8 Å². The number of aromatic nitrogens is 1. The van der Waals surface area contributed by atoms with Crippen LogP contribution in [-0.2, 0) is 16.6 Å². The lowest BCUT2D eigenvalue weighted by molar-refractivity contribution is 0.0490. The summed E-state index contributed by atoms with van der Waals surface area (Å²) in [6.07, 6.45) is 2.45. The van der Waals surface area contributed by atoms with E-state index in [1.165, 1.54) is 29.0 Å². The number of hydrogen-bond donors (Lipinski definition) is 1. The molecule has 2 aromatic carbocycles. The highest BCUT2D eigenvalue weighted by atomic mass is 35.5. The molecule has 4 rings (SSSR count). The molecule has 3 aromatic rings. The Kier molecular flexibility index (Phi) is 6.81. The van der Waals surface area contributed by atoms with E-state index >= 15 is 0 Å². The van der Waals surface area contributed by atoms with Crippen molar-refractivity contribution in [2.45, 2.75) is 30.9 Å². The second kappa shape index (κ2) is 9.56. The van der Waals surface area contributed by atoms with Crippen LogP contribution in [0.1, 0.15) is 18.9 Å². The number of benzene rings is 2. The summed E-state index contributed by atoms with van der Waals surface area (Å²) in [4.78, 5) is 6.46. The van der Waals surface area contributed by atoms with Crippen molar-refractivity contribution in [3.05, 3.63) is 70.7 Å². The van der Waals surface area contributed by atoms with Crippen LogP contribution in [0.3, 0.4) is 0 Å². The molecule has 31 heavy (non-hydrogen) atoms. The van der Waals surface area contributed by atoms with Gasteiger partial charge in [-0.3, -0.25) is 9.62 Å². The van der Waals surface area contributed by atoms with Crippen molar-refractivity contribution in [3.63, 3.8) is 0 Å². The van der Waals surface area contributed by atoms with Gasteiger partial charge in [0, 0.05) is 37.1 Å². The van der Waals surface area contributed by atoms with Gasteiger partial charge in [0.15, 0.2) is 5.13 Å². The predicted molar refractivity (Wildman–Crippen MR) is 124 cm³/mol. The van der Waals surface area contributed by atoms with Crippen LogP contribution in [0, 0.1) is 5.92 Å². The molecule has 9 heteroatoms. The van der Waals surface area contributed by atoms with E-state index in [1.54, 1.807) is 17.6 Å². The largest absolute Gasteiger partial charge is 0.488 e. The fourth-order valence-corrected chi connectivity index (χ4v) is 5.83. The molecule has 1 saturated heterocycles. The summed E-state index contributed by atoms with van der Waals surface area (Å²) in [5.41, 5.74) is 1.31. The lowest BCUT2D eigenvalue weighted by Crippen LogP contribution is -2.44. The molecule has 0 spiro atoms. The minimum Gasteiger partial charge on any atom is -0.488 e. The van der Waals surface area contributed by atoms with E-state index in [4.69, 9.17) is 16.3 Å². The summed E-state index contributed by atoms with van der Waals surface area (Å²) in [6.45, 7) is 4.97. The topological polar surface area (TPSA) is 71.5 Å². The number of ether oxygens (including phenoxy) is 1. The Hall–Kier alpha value is -2.13. The van der Waals surface area contributed by atoms with Crippen molar-refractivity contribution in [2.75, 3.05) is 17.8 Å². The third-order valence-corrected chi connectivity index (χ3v) is 7.76. The van der Waals surface area contributed by atoms with Crippen molar-refractivity contribution in [2.24, 2.45) is 5.92 Å². The van der Waals surface area contributed by atoms with E-state index < -0.39 is 10.0 Å². The standard InChI is InChI=1S/C22H24ClN3O3S2/c1-16-14-26(15-17-5-3-2-4-6-17)11-9-20(16)29-21-8-7-18(13-19(21)23)31(27,28)25-22-24-10-12-30-22/h2-8,10,12-13,16,20H,9,11,14-15H2,1H3,(H,24,25)/t16-,20?/m0/s1. The molecular weight excluding hydrogens is 454 g/mol. The lowest BCUT2D eigenvalue weighted by Gasteiger charge is -2.37. The average Bonchev–Trinajstić information content (AvgIpc) is 3.24. The van der Waals surface area contributed by atoms with E-state index in [9.17, 15) is 8.42 Å². The zero-order valence-corrected chi connectivity index (χ0v) is 19.5. The molecule has 0 aliphatic carbocycles. The molecule has 1 aliphatic heterocycles. The van der Waals surface area contributed by atoms with Gasteiger partial charge in [0.1, 0.15) is 11.9 Å². The second-order valence-electron chi connectivity index (χ2n) is 7.68. The Morgan fingerprint density at radius 3 is 2.74 bits per heavy atom. The Balaban J connectivity index is 1.38. The van der Waals surface area contributed by atoms with Crippen LogP contribution in [0.25, 0.3) is 0 Å². The second-order valence-corrected chi connectivity index (χ2v) is 10.7. The predicted octanol–water partition coefficient (Wildman–Crippen LogP) is 4.89. The third kappa shape index (κ3) is 5.57. The summed E-state index contributed by atoms with van der Waals surface area (Å²) in [6, 6.07) is 15.0. The molecule has 0 amide bonds. The molecule has 2 atom stereocenters. The highest BCUT2D eigenvalue weighted by molar-refractivity contribution is 7.93. The van der Waals surface area contributed by atoms with Gasteiger partial charge in [0.05, 0.1) is 9.92 Å². The van der Waals surface area contributed by atoms with Crippen LogP contribution >= 0.6 is 22.9 Å². The number of nitrogens with one attached hydrogen (secondary N) is 1. The van der Waals surface area contributed by atoms with Crippen LogP contribution < -0.4 is 9.46 Å². The van der Waals surface area contributed by atoms with Crippen LogP contribution in [0.5, 0.6) is 5.75 Å². The Morgan fingerprint density at radius 2 is 2.06 bits per heavy atom. The van der Waals surface area contributed by atoms with E-state index in [0.717, 1.165) is 26.1 Å². The van der Waals surface area contributed by atoms with Gasteiger partial charge in [-0.05, 0) is 30.2 Å². The molecule has 0 radical (unpaired) electrons. The number of piperidine rings is 1. The zero-order valence-electron chi connectivity index (χ0n) is 17.1. The summed E-state index contributed by atoms with van der Waals surface area (Å²) in [5, 5.41) is 2.29. The van der Waals surface area contributed by atoms with Crippen molar-refractivity contribution in [3.8, 4) is 5.75 Å². The highest BCUT2D eigenvalue weighted by Gasteiger charge is 2.28. The lowest BCUT2D eigenvalue weighted by atomic mass is 9.96. The first-order valence-corrected chi connectivity index (χ1v) is 12.8. The summed E-state index contributed by atoms with van der Waals surface area (Å²) in [5.74, 6) is 0.826. The third-order valence-electron chi connectivity index (χ3n) is 5.31. The molecule has 1 N–H and O–H groups in total. The van der Waals surface area contributed by atoms with Gasteiger partial charge in [-0.15, -0.1) is 11.3 Å². The number of sulfonamides is 1. The Bertz CT molecular complexity index is 1110. The quantitative estimate of drug-likeness (QED) is 0.524. The molecule has 1 aliphatic rings. The zero-order chi connectivity index (χ0) is 21.8. The SMILES string of the molecule is C[C@H]1CN(Cc2ccccc2)CCC1Oc1ccc(S(=O)(=O)Nc2nccs2)cc1Cl. The van der Waals surface area contributed by atoms with E-state index in [-0.39, 0.29) is 16.0 Å². The minimum atomic E-state index is -3.75. The molecule has 6 nitrogen and oxygen atoms in total. The van der Waals surface area contributed by atoms with Gasteiger partial charge in [0.2, 0.25) is 0 Å². The van der Waals surface area contributed by atoms with Crippen LogP contribution in [0.2, 0.25) is 5.02 Å². The fraction of sp³-hybridized carbons (Fsp3) is 0.318. The van der Waals surface area contributed by atoms with Crippen LogP contribution in [0.4, 0.5) is 5.13 Å². The number of likely N-dealkylation sites (tertiary alicyclic amines) is 1. The number of rotatable bonds is 7. The van der Waals surface area contributed by atoms with E-state index in [1.807, 2.05) is 6.07 Å². The summed E-state index contributed by atoms with van der Waals surface area (Å²) in [7, 11) is -3.75. The molecule has 1 unspecified atom stereocenters. The van der Waals surface area contributed by atoms with Gasteiger partial charge in [0.25, 0.3) is 10.0 Å². The molecule has 0 saturated carbocycles. The van der Waals surface area contributed by atoms with Crippen LogP contribution in [0.15, 0.2) is 65.0 Å². The number of halogens is 1. The van der Waals surface area contributed by atoms with Crippen LogP contribution in [-0.4, -0.2) is 37.5 Å². The number of hydrogen-bond acceptors (Lipinski definition) is 6. The van der Waals surface area contributed by atoms with Crippen molar-refractivity contribution in [1.82, 2.24) is 9.88 Å². The Labute approximate surface area is 191 Å². The maximum Gasteiger partial charge on any atom is 0.263 e. The van der Waals surface area contributed by atoms with Gasteiger partial charge in [-0.25, -0.2) is 13.4 Å². The van der Waals surface area contributed by atoms with Gasteiger partial charge < -0.3 is 4.74 Å². The van der Waals surface area contributed by atoms with Crippen molar-refractivity contribution in [1.29, 1.82) is 0 Å². The average molecular weight is 478 g/mol. The molecule has 164 valence electrons. The smallest absolute Gasteiger partial charge is 0.263 e. The molecule has 1 fully saturated rings. The molecule has 2 heterocycles. The normalized spacial score (nSPS) is 19.8. The van der Waals surface area contributed by atoms with E-state index in [0.29, 0.717) is 16.8 Å². The first-order valence-electron chi connectivity index (χ1n) is 10.1. The number of nitrogens with zero attached hydrogens (tertiary/aromatic N) is 2.